The van der Waals surface area contributed by atoms with Crippen LogP contribution in [0, 0.1) is 17.5 Å². The second-order valence-electron chi connectivity index (χ2n) is 4.14. The molecule has 0 radical (unpaired) electrons. The molecule has 0 bridgehead atoms. The summed E-state index contributed by atoms with van der Waals surface area (Å²) in [4.78, 5) is -0.277. The Morgan fingerprint density at radius 2 is 1.81 bits per heavy atom. The smallest absolute Gasteiger partial charge is 0.207 e. The van der Waals surface area contributed by atoms with Crippen molar-refractivity contribution < 1.29 is 21.6 Å². The molecule has 0 saturated carbocycles. The highest BCUT2D eigenvalue weighted by Crippen LogP contribution is 2.26. The van der Waals surface area contributed by atoms with E-state index in [-0.39, 0.29) is 6.54 Å². The average Bonchev–Trinajstić information content (AvgIpc) is 2.81. The van der Waals surface area contributed by atoms with E-state index in [1.54, 1.807) is 12.1 Å². The Morgan fingerprint density at radius 3 is 2.38 bits per heavy atom. The Labute approximate surface area is 128 Å². The van der Waals surface area contributed by atoms with Crippen LogP contribution in [0.25, 0.3) is 0 Å². The zero-order chi connectivity index (χ0) is 15.8. The minimum atomic E-state index is -4.28. The van der Waals surface area contributed by atoms with E-state index < -0.39 is 32.4 Å². The van der Waals surface area contributed by atoms with Gasteiger partial charge in [0.2, 0.25) is 10.0 Å². The molecule has 9 heteroatoms. The van der Waals surface area contributed by atoms with Crippen molar-refractivity contribution in [1.29, 1.82) is 0 Å². The first-order chi connectivity index (χ1) is 9.73. The van der Waals surface area contributed by atoms with Crippen LogP contribution < -0.4 is 0 Å². The molecule has 1 aromatic carbocycles. The summed E-state index contributed by atoms with van der Waals surface area (Å²) in [5.41, 5.74) is 0. The van der Waals surface area contributed by atoms with Crippen molar-refractivity contribution in [3.8, 4) is 0 Å². The molecular weight excluding hydrogens is 347 g/mol. The fourth-order valence-corrected chi connectivity index (χ4v) is 4.04. The third kappa shape index (κ3) is 3.23. The molecule has 114 valence electrons. The fraction of sp³-hybridized carbons (Fsp3) is 0.167. The molecule has 1 heterocycles. The zero-order valence-corrected chi connectivity index (χ0v) is 13.0. The van der Waals surface area contributed by atoms with Crippen LogP contribution in [-0.4, -0.2) is 19.8 Å². The molecule has 0 unspecified atom stereocenters. The van der Waals surface area contributed by atoms with E-state index in [1.807, 2.05) is 0 Å². The van der Waals surface area contributed by atoms with Crippen LogP contribution in [0.4, 0.5) is 13.2 Å². The SMILES string of the molecule is CN(Cc1ccc(Cl)s1)S(=O)(=O)c1ccc(F)c(F)c1F. The van der Waals surface area contributed by atoms with Crippen LogP contribution >= 0.6 is 22.9 Å². The average molecular weight is 356 g/mol. The van der Waals surface area contributed by atoms with E-state index >= 15 is 0 Å². The first kappa shape index (κ1) is 16.3. The molecular formula is C12H9ClF3NO2S2. The molecule has 1 aromatic heterocycles. The number of hydrogen-bond donors (Lipinski definition) is 0. The molecule has 0 aliphatic heterocycles. The van der Waals surface area contributed by atoms with Gasteiger partial charge in [0.15, 0.2) is 17.5 Å². The summed E-state index contributed by atoms with van der Waals surface area (Å²) in [6, 6.07) is 4.49. The van der Waals surface area contributed by atoms with Crippen molar-refractivity contribution in [1.82, 2.24) is 4.31 Å². The van der Waals surface area contributed by atoms with Gasteiger partial charge in [-0.25, -0.2) is 21.6 Å². The normalized spacial score (nSPS) is 12.1. The van der Waals surface area contributed by atoms with E-state index in [0.717, 1.165) is 4.31 Å². The second kappa shape index (κ2) is 5.96. The van der Waals surface area contributed by atoms with Gasteiger partial charge in [-0.3, -0.25) is 0 Å². The highest BCUT2D eigenvalue weighted by atomic mass is 35.5. The molecule has 0 aliphatic carbocycles. The molecule has 0 N–H and O–H groups in total. The summed E-state index contributed by atoms with van der Waals surface area (Å²) in [7, 11) is -3.07. The monoisotopic (exact) mass is 355 g/mol. The quantitative estimate of drug-likeness (QED) is 0.785. The summed E-state index contributed by atoms with van der Waals surface area (Å²) in [6.07, 6.45) is 0. The summed E-state index contributed by atoms with van der Waals surface area (Å²) in [5, 5.41) is 0. The van der Waals surface area contributed by atoms with Gasteiger partial charge in [0, 0.05) is 18.5 Å². The zero-order valence-electron chi connectivity index (χ0n) is 10.6. The maximum Gasteiger partial charge on any atom is 0.246 e. The molecule has 0 saturated heterocycles. The van der Waals surface area contributed by atoms with Crippen molar-refractivity contribution in [2.75, 3.05) is 7.05 Å². The van der Waals surface area contributed by atoms with Crippen LogP contribution in [0.2, 0.25) is 4.34 Å². The van der Waals surface area contributed by atoms with Crippen LogP contribution in [0.15, 0.2) is 29.2 Å². The lowest BCUT2D eigenvalue weighted by molar-refractivity contribution is 0.422. The Balaban J connectivity index is 2.35. The lowest BCUT2D eigenvalue weighted by Gasteiger charge is -2.17. The van der Waals surface area contributed by atoms with Crippen molar-refractivity contribution in [2.45, 2.75) is 11.4 Å². The van der Waals surface area contributed by atoms with Crippen LogP contribution in [0.1, 0.15) is 4.88 Å². The number of nitrogens with zero attached hydrogens (tertiary/aromatic N) is 1. The number of thiophene rings is 1. The number of rotatable bonds is 4. The van der Waals surface area contributed by atoms with Gasteiger partial charge in [0.25, 0.3) is 0 Å². The van der Waals surface area contributed by atoms with Crippen molar-refractivity contribution in [3.05, 3.63) is 50.9 Å². The van der Waals surface area contributed by atoms with E-state index in [0.29, 0.717) is 21.3 Å². The topological polar surface area (TPSA) is 37.4 Å². The van der Waals surface area contributed by atoms with E-state index in [2.05, 4.69) is 0 Å². The predicted molar refractivity (Wildman–Crippen MR) is 74.3 cm³/mol. The van der Waals surface area contributed by atoms with Gasteiger partial charge in [0.05, 0.1) is 4.34 Å². The molecule has 0 atom stereocenters. The van der Waals surface area contributed by atoms with E-state index in [9.17, 15) is 21.6 Å². The third-order valence-electron chi connectivity index (χ3n) is 2.70. The van der Waals surface area contributed by atoms with Gasteiger partial charge < -0.3 is 0 Å². The molecule has 0 fully saturated rings. The van der Waals surface area contributed by atoms with Gasteiger partial charge in [-0.05, 0) is 24.3 Å². The molecule has 0 aliphatic rings. The fourth-order valence-electron chi connectivity index (χ4n) is 1.62. The number of benzene rings is 1. The van der Waals surface area contributed by atoms with Crippen LogP contribution in [0.5, 0.6) is 0 Å². The van der Waals surface area contributed by atoms with Crippen molar-refractivity contribution in [2.24, 2.45) is 0 Å². The van der Waals surface area contributed by atoms with Gasteiger partial charge in [0.1, 0.15) is 4.90 Å². The second-order valence-corrected chi connectivity index (χ2v) is 7.95. The third-order valence-corrected chi connectivity index (χ3v) is 5.73. The molecule has 21 heavy (non-hydrogen) atoms. The predicted octanol–water partition coefficient (Wildman–Crippen LogP) is 3.64. The summed E-state index contributed by atoms with van der Waals surface area (Å²) < 4.78 is 65.4. The van der Waals surface area contributed by atoms with E-state index in [1.165, 1.54) is 18.4 Å². The Hall–Kier alpha value is -1.09. The van der Waals surface area contributed by atoms with Crippen LogP contribution in [0.3, 0.4) is 0 Å². The summed E-state index contributed by atoms with van der Waals surface area (Å²) in [6.45, 7) is -0.0574. The van der Waals surface area contributed by atoms with Crippen molar-refractivity contribution in [3.63, 3.8) is 0 Å². The summed E-state index contributed by atoms with van der Waals surface area (Å²) >= 11 is 6.91. The van der Waals surface area contributed by atoms with Gasteiger partial charge in [-0.2, -0.15) is 4.31 Å². The number of hydrogen-bond acceptors (Lipinski definition) is 3. The standard InChI is InChI=1S/C12H9ClF3NO2S2/c1-17(6-7-2-5-10(13)20-7)21(18,19)9-4-3-8(14)11(15)12(9)16/h2-5H,6H2,1H3. The lowest BCUT2D eigenvalue weighted by Crippen LogP contribution is -2.27. The lowest BCUT2D eigenvalue weighted by atomic mass is 10.3. The van der Waals surface area contributed by atoms with Gasteiger partial charge >= 0.3 is 0 Å². The van der Waals surface area contributed by atoms with Crippen molar-refractivity contribution >= 4 is 33.0 Å². The molecule has 2 rings (SSSR count). The Bertz CT molecular complexity index is 777. The summed E-state index contributed by atoms with van der Waals surface area (Å²) in [5.74, 6) is -4.99. The Morgan fingerprint density at radius 1 is 1.14 bits per heavy atom. The molecule has 0 amide bonds. The first-order valence-electron chi connectivity index (χ1n) is 5.57. The number of halogens is 4. The highest BCUT2D eigenvalue weighted by molar-refractivity contribution is 7.89. The van der Waals surface area contributed by atoms with E-state index in [4.69, 9.17) is 11.6 Å². The molecule has 3 nitrogen and oxygen atoms in total. The van der Waals surface area contributed by atoms with Gasteiger partial charge in [-0.15, -0.1) is 11.3 Å². The largest absolute Gasteiger partial charge is 0.246 e. The molecule has 0 spiro atoms. The maximum absolute atomic E-state index is 13.6. The highest BCUT2D eigenvalue weighted by Gasteiger charge is 2.28. The Kier molecular flexibility index (Phi) is 4.62. The molecule has 2 aromatic rings. The number of sulfonamides is 1. The maximum atomic E-state index is 13.6. The minimum absolute atomic E-state index is 0.0574. The van der Waals surface area contributed by atoms with Gasteiger partial charge in [-0.1, -0.05) is 11.6 Å². The first-order valence-corrected chi connectivity index (χ1v) is 8.21. The van der Waals surface area contributed by atoms with Crippen LogP contribution in [-0.2, 0) is 16.6 Å². The minimum Gasteiger partial charge on any atom is -0.207 e.